The molecule has 3 heterocycles. The van der Waals surface area contributed by atoms with Crippen LogP contribution >= 0.6 is 0 Å². The molecule has 1 N–H and O–H groups in total. The summed E-state index contributed by atoms with van der Waals surface area (Å²) >= 11 is 0. The van der Waals surface area contributed by atoms with Crippen molar-refractivity contribution in [2.75, 3.05) is 24.6 Å². The van der Waals surface area contributed by atoms with Crippen LogP contribution in [0.4, 0.5) is 0 Å². The zero-order valence-electron chi connectivity index (χ0n) is 13.8. The van der Waals surface area contributed by atoms with E-state index < -0.39 is 20.7 Å². The van der Waals surface area contributed by atoms with Crippen molar-refractivity contribution in [1.29, 1.82) is 0 Å². The van der Waals surface area contributed by atoms with E-state index in [-0.39, 0.29) is 34.6 Å². The van der Waals surface area contributed by atoms with Gasteiger partial charge in [0.2, 0.25) is 0 Å². The Bertz CT molecular complexity index is 863. The Morgan fingerprint density at radius 3 is 2.38 bits per heavy atom. The van der Waals surface area contributed by atoms with Crippen molar-refractivity contribution in [3.63, 3.8) is 0 Å². The lowest BCUT2D eigenvalue weighted by atomic mass is 9.71. The highest BCUT2D eigenvalue weighted by molar-refractivity contribution is 7.91. The van der Waals surface area contributed by atoms with Gasteiger partial charge in [-0.3, -0.25) is 9.59 Å². The maximum absolute atomic E-state index is 12.8. The molecule has 4 rings (SSSR count). The number of hydrogen-bond donors (Lipinski definition) is 1. The highest BCUT2D eigenvalue weighted by Gasteiger charge is 2.61. The molecule has 1 aromatic rings. The second kappa shape index (κ2) is 4.68. The Morgan fingerprint density at radius 1 is 1.25 bits per heavy atom. The normalized spacial score (nSPS) is 34.3. The van der Waals surface area contributed by atoms with Gasteiger partial charge in [-0.15, -0.1) is 0 Å². The molecular weight excluding hydrogens is 330 g/mol. The van der Waals surface area contributed by atoms with Crippen molar-refractivity contribution in [2.24, 2.45) is 10.8 Å². The quantitative estimate of drug-likeness (QED) is 0.838. The van der Waals surface area contributed by atoms with E-state index in [9.17, 15) is 18.0 Å². The summed E-state index contributed by atoms with van der Waals surface area (Å²) in [5, 5.41) is 0. The number of sulfone groups is 1. The third-order valence-corrected chi connectivity index (χ3v) is 8.00. The summed E-state index contributed by atoms with van der Waals surface area (Å²) in [7, 11) is -3.06. The largest absolute Gasteiger partial charge is 0.336 e. The molecule has 2 atom stereocenters. The minimum atomic E-state index is -3.06. The van der Waals surface area contributed by atoms with Gasteiger partial charge in [-0.05, 0) is 12.8 Å². The number of aromatic nitrogens is 2. The Labute approximate surface area is 140 Å². The van der Waals surface area contributed by atoms with E-state index in [0.29, 0.717) is 18.9 Å². The van der Waals surface area contributed by atoms with Crippen LogP contribution in [0.1, 0.15) is 48.9 Å². The lowest BCUT2D eigenvalue weighted by molar-refractivity contribution is 0.0768. The molecular formula is C16H21N3O4S. The standard InChI is InChI=1S/C16H21N3O4S/c1-15-6-19(7-16(15,2)9-24(22,23)8-15)14(21)11-5-12(20)18-13(17-11)10-3-4-10/h5,10H,3-4,6-9H2,1-2H3,(H,17,18,20)/t15-,16+. The predicted octanol–water partition coefficient (Wildman–Crippen LogP) is 0.544. The lowest BCUT2D eigenvalue weighted by Crippen LogP contribution is -2.34. The molecule has 3 aliphatic rings. The molecule has 2 saturated heterocycles. The van der Waals surface area contributed by atoms with Gasteiger partial charge in [0.25, 0.3) is 11.5 Å². The first-order valence-corrected chi connectivity index (χ1v) is 10.0. The third-order valence-electron chi connectivity index (χ3n) is 5.84. The van der Waals surface area contributed by atoms with Gasteiger partial charge in [-0.2, -0.15) is 0 Å². The number of amides is 1. The number of aromatic amines is 1. The van der Waals surface area contributed by atoms with Gasteiger partial charge in [0.1, 0.15) is 11.5 Å². The number of nitrogens with one attached hydrogen (secondary N) is 1. The highest BCUT2D eigenvalue weighted by atomic mass is 32.2. The molecule has 1 aromatic heterocycles. The van der Waals surface area contributed by atoms with E-state index in [1.807, 2.05) is 13.8 Å². The van der Waals surface area contributed by atoms with Crippen LogP contribution in [0.25, 0.3) is 0 Å². The van der Waals surface area contributed by atoms with Gasteiger partial charge in [-0.1, -0.05) is 13.8 Å². The summed E-state index contributed by atoms with van der Waals surface area (Å²) in [5.74, 6) is 0.776. The molecule has 0 bridgehead atoms. The zero-order chi connectivity index (χ0) is 17.3. The Balaban J connectivity index is 1.63. The molecule has 3 fully saturated rings. The van der Waals surface area contributed by atoms with Crippen molar-refractivity contribution in [3.05, 3.63) is 27.9 Å². The first-order chi connectivity index (χ1) is 11.1. The third kappa shape index (κ3) is 2.39. The molecule has 7 nitrogen and oxygen atoms in total. The first-order valence-electron chi connectivity index (χ1n) is 8.22. The topological polar surface area (TPSA) is 100 Å². The minimum Gasteiger partial charge on any atom is -0.336 e. The monoisotopic (exact) mass is 351 g/mol. The average Bonchev–Trinajstić information content (AvgIpc) is 3.21. The van der Waals surface area contributed by atoms with Gasteiger partial charge in [0.15, 0.2) is 9.84 Å². The second-order valence-corrected chi connectivity index (χ2v) is 10.2. The SMILES string of the molecule is C[C@@]12CN(C(=O)c3cc(=O)[nH]c(C4CC4)n3)C[C@]1(C)CS(=O)(=O)C2. The highest BCUT2D eigenvalue weighted by Crippen LogP contribution is 2.52. The first kappa shape index (κ1) is 15.8. The van der Waals surface area contributed by atoms with Crippen molar-refractivity contribution in [1.82, 2.24) is 14.9 Å². The van der Waals surface area contributed by atoms with Gasteiger partial charge < -0.3 is 9.88 Å². The van der Waals surface area contributed by atoms with Crippen LogP contribution in [0.5, 0.6) is 0 Å². The molecule has 0 radical (unpaired) electrons. The van der Waals surface area contributed by atoms with Crippen LogP contribution in [-0.4, -0.2) is 53.8 Å². The van der Waals surface area contributed by atoms with Crippen LogP contribution in [0.3, 0.4) is 0 Å². The maximum Gasteiger partial charge on any atom is 0.272 e. The fraction of sp³-hybridized carbons (Fsp3) is 0.688. The van der Waals surface area contributed by atoms with Gasteiger partial charge in [0, 0.05) is 35.9 Å². The molecule has 0 spiro atoms. The van der Waals surface area contributed by atoms with Crippen molar-refractivity contribution < 1.29 is 13.2 Å². The van der Waals surface area contributed by atoms with E-state index in [1.54, 1.807) is 4.90 Å². The smallest absolute Gasteiger partial charge is 0.272 e. The maximum atomic E-state index is 12.8. The summed E-state index contributed by atoms with van der Waals surface area (Å²) in [6, 6.07) is 1.24. The van der Waals surface area contributed by atoms with E-state index in [2.05, 4.69) is 9.97 Å². The van der Waals surface area contributed by atoms with E-state index in [1.165, 1.54) is 6.07 Å². The second-order valence-electron chi connectivity index (χ2n) is 8.10. The molecule has 0 aromatic carbocycles. The number of carbonyl (C=O) groups excluding carboxylic acids is 1. The van der Waals surface area contributed by atoms with Gasteiger partial charge >= 0.3 is 0 Å². The Kier molecular flexibility index (Phi) is 3.08. The van der Waals surface area contributed by atoms with E-state index in [4.69, 9.17) is 0 Å². The number of nitrogens with zero attached hydrogens (tertiary/aromatic N) is 2. The predicted molar refractivity (Wildman–Crippen MR) is 87.6 cm³/mol. The number of likely N-dealkylation sites (tertiary alicyclic amines) is 1. The van der Waals surface area contributed by atoms with E-state index >= 15 is 0 Å². The number of carbonyl (C=O) groups is 1. The Hall–Kier alpha value is -1.70. The van der Waals surface area contributed by atoms with Crippen molar-refractivity contribution in [3.8, 4) is 0 Å². The molecule has 1 aliphatic carbocycles. The lowest BCUT2D eigenvalue weighted by Gasteiger charge is -2.29. The molecule has 1 saturated carbocycles. The minimum absolute atomic E-state index is 0.108. The Morgan fingerprint density at radius 2 is 1.83 bits per heavy atom. The molecule has 130 valence electrons. The molecule has 8 heteroatoms. The van der Waals surface area contributed by atoms with Crippen molar-refractivity contribution in [2.45, 2.75) is 32.6 Å². The fourth-order valence-corrected chi connectivity index (χ4v) is 7.11. The van der Waals surface area contributed by atoms with Crippen LogP contribution in [0, 0.1) is 10.8 Å². The van der Waals surface area contributed by atoms with Crippen LogP contribution < -0.4 is 5.56 Å². The summed E-state index contributed by atoms with van der Waals surface area (Å²) < 4.78 is 24.0. The summed E-state index contributed by atoms with van der Waals surface area (Å²) in [5.41, 5.74) is -1.03. The number of hydrogen-bond acceptors (Lipinski definition) is 5. The van der Waals surface area contributed by atoms with Crippen LogP contribution in [-0.2, 0) is 9.84 Å². The number of rotatable bonds is 2. The molecule has 24 heavy (non-hydrogen) atoms. The molecule has 2 aliphatic heterocycles. The summed E-state index contributed by atoms with van der Waals surface area (Å²) in [6.45, 7) is 4.64. The molecule has 1 amide bonds. The summed E-state index contributed by atoms with van der Waals surface area (Å²) in [4.78, 5) is 33.4. The number of H-pyrrole nitrogens is 1. The zero-order valence-corrected chi connectivity index (χ0v) is 14.6. The van der Waals surface area contributed by atoms with Crippen LogP contribution in [0.15, 0.2) is 10.9 Å². The van der Waals surface area contributed by atoms with E-state index in [0.717, 1.165) is 12.8 Å². The molecule has 0 unspecified atom stereocenters. The van der Waals surface area contributed by atoms with Crippen molar-refractivity contribution >= 4 is 15.7 Å². The summed E-state index contributed by atoms with van der Waals surface area (Å²) in [6.07, 6.45) is 1.97. The van der Waals surface area contributed by atoms with Crippen LogP contribution in [0.2, 0.25) is 0 Å². The van der Waals surface area contributed by atoms with Gasteiger partial charge in [0.05, 0.1) is 11.5 Å². The fourth-order valence-electron chi connectivity index (χ4n) is 4.18. The number of fused-ring (bicyclic) bond motifs is 1. The average molecular weight is 351 g/mol. The van der Waals surface area contributed by atoms with Gasteiger partial charge in [-0.25, -0.2) is 13.4 Å².